The van der Waals surface area contributed by atoms with E-state index in [0.717, 1.165) is 29.1 Å². The Labute approximate surface area is 197 Å². The second-order valence-corrected chi connectivity index (χ2v) is 10.8. The predicted molar refractivity (Wildman–Crippen MR) is 128 cm³/mol. The number of nitriles is 1. The van der Waals surface area contributed by atoms with Crippen LogP contribution < -0.4 is 10.2 Å². The van der Waals surface area contributed by atoms with Crippen molar-refractivity contribution in [3.63, 3.8) is 0 Å². The highest BCUT2D eigenvalue weighted by molar-refractivity contribution is 7.15. The number of nitrogens with zero attached hydrogens (tertiary/aromatic N) is 6. The van der Waals surface area contributed by atoms with Gasteiger partial charge in [-0.25, -0.2) is 9.97 Å². The molecule has 2 saturated heterocycles. The molecule has 8 nitrogen and oxygen atoms in total. The molecule has 3 aromatic rings. The summed E-state index contributed by atoms with van der Waals surface area (Å²) in [7, 11) is 2.07. The van der Waals surface area contributed by atoms with Crippen molar-refractivity contribution in [3.05, 3.63) is 35.6 Å². The van der Waals surface area contributed by atoms with Crippen molar-refractivity contribution >= 4 is 17.2 Å². The number of aromatic hydroxyl groups is 1. The minimum absolute atomic E-state index is 0.0642. The van der Waals surface area contributed by atoms with E-state index in [1.54, 1.807) is 24.5 Å². The number of anilines is 1. The Bertz CT molecular complexity index is 1200. The van der Waals surface area contributed by atoms with Crippen LogP contribution in [0.25, 0.3) is 21.8 Å². The molecule has 170 valence electrons. The van der Waals surface area contributed by atoms with Crippen molar-refractivity contribution in [3.8, 4) is 33.6 Å². The maximum atomic E-state index is 10.6. The van der Waals surface area contributed by atoms with E-state index < -0.39 is 0 Å². The molecule has 2 aromatic heterocycles. The molecule has 2 N–H and O–H groups in total. The maximum absolute atomic E-state index is 10.6. The van der Waals surface area contributed by atoms with Crippen LogP contribution in [-0.2, 0) is 0 Å². The smallest absolute Gasteiger partial charge is 0.194 e. The number of aromatic nitrogens is 4. The van der Waals surface area contributed by atoms with Crippen molar-refractivity contribution in [1.82, 2.24) is 25.5 Å². The van der Waals surface area contributed by atoms with Gasteiger partial charge in [-0.15, -0.1) is 21.5 Å². The lowest BCUT2D eigenvalue weighted by Gasteiger charge is -2.55. The molecule has 5 rings (SSSR count). The molecule has 0 amide bonds. The Morgan fingerprint density at radius 2 is 1.91 bits per heavy atom. The Hall–Kier alpha value is -3.09. The third-order valence-electron chi connectivity index (χ3n) is 7.02. The lowest BCUT2D eigenvalue weighted by atomic mass is 9.69. The average Bonchev–Trinajstić information content (AvgIpc) is 3.27. The van der Waals surface area contributed by atoms with Gasteiger partial charge < -0.3 is 15.3 Å². The lowest BCUT2D eigenvalue weighted by molar-refractivity contribution is 0.0784. The molecule has 0 unspecified atom stereocenters. The van der Waals surface area contributed by atoms with Gasteiger partial charge in [0.25, 0.3) is 0 Å². The number of rotatable bonds is 4. The SMILES string of the molecule is CN(c1cnc(-c2ccc(-c3cnc(C#N)s3)cc2O)nn1)[C@H]1C[C@]2(C)CCC[C@](C)(C1)N2. The molecule has 2 bridgehead atoms. The second-order valence-electron chi connectivity index (χ2n) is 9.79. The topological polar surface area (TPSA) is 111 Å². The first kappa shape index (κ1) is 21.7. The van der Waals surface area contributed by atoms with Gasteiger partial charge in [0.15, 0.2) is 16.6 Å². The van der Waals surface area contributed by atoms with Gasteiger partial charge >= 0.3 is 0 Å². The number of phenols is 1. The van der Waals surface area contributed by atoms with Crippen LogP contribution in [0.1, 0.15) is 51.0 Å². The number of nitrogens with one attached hydrogen (secondary N) is 1. The van der Waals surface area contributed by atoms with Gasteiger partial charge in [-0.3, -0.25) is 0 Å². The zero-order chi connectivity index (χ0) is 23.2. The van der Waals surface area contributed by atoms with Gasteiger partial charge in [0.05, 0.1) is 16.6 Å². The summed E-state index contributed by atoms with van der Waals surface area (Å²) in [6.07, 6.45) is 9.18. The molecule has 3 atom stereocenters. The summed E-state index contributed by atoms with van der Waals surface area (Å²) >= 11 is 1.28. The maximum Gasteiger partial charge on any atom is 0.194 e. The van der Waals surface area contributed by atoms with Crippen LogP contribution in [0.15, 0.2) is 30.6 Å². The zero-order valence-corrected chi connectivity index (χ0v) is 19.9. The fourth-order valence-corrected chi connectivity index (χ4v) is 6.20. The number of hydrogen-bond acceptors (Lipinski definition) is 9. The van der Waals surface area contributed by atoms with Gasteiger partial charge in [-0.05, 0) is 63.6 Å². The molecule has 0 radical (unpaired) electrons. The molecule has 2 aliphatic rings. The van der Waals surface area contributed by atoms with Crippen molar-refractivity contribution in [2.45, 2.75) is 63.1 Å². The highest BCUT2D eigenvalue weighted by atomic mass is 32.1. The first-order chi connectivity index (χ1) is 15.8. The second kappa shape index (κ2) is 8.04. The van der Waals surface area contributed by atoms with E-state index in [-0.39, 0.29) is 16.8 Å². The molecule has 0 spiro atoms. The Balaban J connectivity index is 1.35. The molecular weight excluding hydrogens is 434 g/mol. The minimum Gasteiger partial charge on any atom is -0.507 e. The van der Waals surface area contributed by atoms with Gasteiger partial charge in [-0.2, -0.15) is 5.26 Å². The molecule has 2 fully saturated rings. The van der Waals surface area contributed by atoms with Crippen LogP contribution in [-0.4, -0.2) is 49.4 Å². The number of fused-ring (bicyclic) bond motifs is 2. The summed E-state index contributed by atoms with van der Waals surface area (Å²) in [6, 6.07) is 7.68. The highest BCUT2D eigenvalue weighted by Crippen LogP contribution is 2.42. The monoisotopic (exact) mass is 461 g/mol. The van der Waals surface area contributed by atoms with Crippen LogP contribution in [0, 0.1) is 11.3 Å². The molecule has 0 saturated carbocycles. The molecular formula is C24H27N7OS. The summed E-state index contributed by atoms with van der Waals surface area (Å²) in [5.74, 6) is 1.18. The number of thiazole rings is 1. The summed E-state index contributed by atoms with van der Waals surface area (Å²) in [6.45, 7) is 4.66. The van der Waals surface area contributed by atoms with Crippen LogP contribution in [0.2, 0.25) is 0 Å². The van der Waals surface area contributed by atoms with Crippen molar-refractivity contribution in [2.24, 2.45) is 0 Å². The third-order valence-corrected chi connectivity index (χ3v) is 7.97. The summed E-state index contributed by atoms with van der Waals surface area (Å²) < 4.78 is 0. The standard InChI is InChI=1S/C24H27N7OS/c1-23-7-4-8-24(2,30-23)11-16(10-23)31(3)20-14-27-22(29-28-20)17-6-5-15(9-18(17)32)19-13-26-21(12-25)33-19/h5-6,9,13-14,16,30,32H,4,7-8,10-11H2,1-3H3/t16-,23-,24+. The Morgan fingerprint density at radius 1 is 1.15 bits per heavy atom. The Morgan fingerprint density at radius 3 is 2.52 bits per heavy atom. The van der Waals surface area contributed by atoms with Crippen LogP contribution in [0.4, 0.5) is 5.82 Å². The zero-order valence-electron chi connectivity index (χ0n) is 19.0. The molecule has 9 heteroatoms. The predicted octanol–water partition coefficient (Wildman–Crippen LogP) is 4.13. The Kier molecular flexibility index (Phi) is 5.30. The van der Waals surface area contributed by atoms with E-state index in [1.807, 2.05) is 12.1 Å². The summed E-state index contributed by atoms with van der Waals surface area (Å²) in [5, 5.41) is 32.6. The van der Waals surface area contributed by atoms with E-state index in [2.05, 4.69) is 51.3 Å². The molecule has 33 heavy (non-hydrogen) atoms. The van der Waals surface area contributed by atoms with E-state index in [0.29, 0.717) is 22.4 Å². The first-order valence-corrected chi connectivity index (χ1v) is 12.0. The largest absolute Gasteiger partial charge is 0.507 e. The van der Waals surface area contributed by atoms with Crippen molar-refractivity contribution < 1.29 is 5.11 Å². The fourth-order valence-electron chi connectivity index (χ4n) is 5.49. The van der Waals surface area contributed by atoms with E-state index in [1.165, 1.54) is 30.6 Å². The van der Waals surface area contributed by atoms with E-state index in [4.69, 9.17) is 5.26 Å². The van der Waals surface area contributed by atoms with Crippen molar-refractivity contribution in [1.29, 1.82) is 5.26 Å². The van der Waals surface area contributed by atoms with Crippen LogP contribution in [0.3, 0.4) is 0 Å². The normalized spacial score (nSPS) is 26.5. The van der Waals surface area contributed by atoms with Gasteiger partial charge in [-0.1, -0.05) is 6.07 Å². The summed E-state index contributed by atoms with van der Waals surface area (Å²) in [4.78, 5) is 11.6. The van der Waals surface area contributed by atoms with Gasteiger partial charge in [0.1, 0.15) is 11.8 Å². The fraction of sp³-hybridized carbons (Fsp3) is 0.458. The lowest BCUT2D eigenvalue weighted by Crippen LogP contribution is -2.66. The van der Waals surface area contributed by atoms with Crippen LogP contribution in [0.5, 0.6) is 5.75 Å². The van der Waals surface area contributed by atoms with Crippen molar-refractivity contribution in [2.75, 3.05) is 11.9 Å². The summed E-state index contributed by atoms with van der Waals surface area (Å²) in [5.41, 5.74) is 1.62. The van der Waals surface area contributed by atoms with E-state index >= 15 is 0 Å². The number of hydrogen-bond donors (Lipinski definition) is 2. The molecule has 0 aliphatic carbocycles. The number of phenolic OH excluding ortho intramolecular Hbond substituents is 1. The van der Waals surface area contributed by atoms with E-state index in [9.17, 15) is 5.11 Å². The molecule has 2 aliphatic heterocycles. The molecule has 1 aromatic carbocycles. The third kappa shape index (κ3) is 4.16. The van der Waals surface area contributed by atoms with Gasteiger partial charge in [0, 0.05) is 30.4 Å². The number of benzene rings is 1. The molecule has 4 heterocycles. The first-order valence-electron chi connectivity index (χ1n) is 11.2. The number of piperidine rings is 2. The van der Waals surface area contributed by atoms with Gasteiger partial charge in [0.2, 0.25) is 0 Å². The average molecular weight is 462 g/mol. The van der Waals surface area contributed by atoms with Crippen LogP contribution >= 0.6 is 11.3 Å². The highest BCUT2D eigenvalue weighted by Gasteiger charge is 2.46. The quantitative estimate of drug-likeness (QED) is 0.597. The minimum atomic E-state index is 0.0642.